The molecule has 0 saturated carbocycles. The lowest BCUT2D eigenvalue weighted by molar-refractivity contribution is -0.161. The lowest BCUT2D eigenvalue weighted by atomic mass is 10.0. The highest BCUT2D eigenvalue weighted by molar-refractivity contribution is 7.47. The van der Waals surface area contributed by atoms with E-state index in [1.165, 1.54) is 263 Å². The van der Waals surface area contributed by atoms with E-state index in [0.29, 0.717) is 25.7 Å². The highest BCUT2D eigenvalue weighted by Gasteiger charge is 2.30. The van der Waals surface area contributed by atoms with Gasteiger partial charge in [0, 0.05) is 25.7 Å². The Hall–Kier alpha value is -1.94. The molecule has 0 saturated heterocycles. The summed E-state index contributed by atoms with van der Waals surface area (Å²) in [6.45, 7) is 7.34. The molecule has 17 nitrogen and oxygen atoms in total. The van der Waals surface area contributed by atoms with Crippen LogP contribution in [0, 0.1) is 5.92 Å². The van der Waals surface area contributed by atoms with Gasteiger partial charge < -0.3 is 33.8 Å². The first-order valence-corrected chi connectivity index (χ1v) is 45.6. The summed E-state index contributed by atoms with van der Waals surface area (Å²) in [6.07, 6.45) is 66.6. The molecule has 0 aromatic heterocycles. The van der Waals surface area contributed by atoms with Gasteiger partial charge in [-0.05, 0) is 31.6 Å². The Balaban J connectivity index is 5.23. The molecule has 0 aromatic rings. The van der Waals surface area contributed by atoms with Gasteiger partial charge in [0.05, 0.1) is 26.4 Å². The van der Waals surface area contributed by atoms with Crippen LogP contribution in [0.25, 0.3) is 0 Å². The number of aliphatic hydroxyl groups is 1. The monoisotopic (exact) mass is 1480 g/mol. The maximum Gasteiger partial charge on any atom is 0.472 e. The van der Waals surface area contributed by atoms with Crippen LogP contribution in [0.3, 0.4) is 0 Å². The predicted octanol–water partition coefficient (Wildman–Crippen LogP) is 24.8. The van der Waals surface area contributed by atoms with E-state index >= 15 is 0 Å². The molecular formula is C82H160O17P2. The summed E-state index contributed by atoms with van der Waals surface area (Å²) < 4.78 is 68.8. The average molecular weight is 1480 g/mol. The lowest BCUT2D eigenvalue weighted by Crippen LogP contribution is -2.30. The Kier molecular flexibility index (Phi) is 73.5. The van der Waals surface area contributed by atoms with Crippen molar-refractivity contribution in [3.05, 3.63) is 0 Å². The van der Waals surface area contributed by atoms with Crippen LogP contribution in [0.4, 0.5) is 0 Å². The number of esters is 4. The van der Waals surface area contributed by atoms with Gasteiger partial charge >= 0.3 is 39.5 Å². The normalized spacial score (nSPS) is 13.8. The SMILES string of the molecule is CCCCCCCCCCCCCCCCCCCCCCCC(=O)O[C@H](COC(=O)CCCCCCCCCCCCCCCCC)COP(=O)(O)OC[C@@H](O)COP(=O)(O)OC[C@@H](COC(=O)CCCCCCCCCCCCC)OC(=O)CCCCCCCCCCCCCC(C)C. The number of rotatable bonds is 82. The number of hydrogen-bond donors (Lipinski definition) is 3. The van der Waals surface area contributed by atoms with Crippen LogP contribution in [0.2, 0.25) is 0 Å². The van der Waals surface area contributed by atoms with E-state index in [2.05, 4.69) is 34.6 Å². The molecule has 0 aliphatic carbocycles. The van der Waals surface area contributed by atoms with E-state index in [1.54, 1.807) is 0 Å². The second-order valence-corrected chi connectivity index (χ2v) is 32.9. The molecule has 0 heterocycles. The lowest BCUT2D eigenvalue weighted by Gasteiger charge is -2.21. The van der Waals surface area contributed by atoms with Crippen LogP contribution in [0.1, 0.15) is 439 Å². The first kappa shape index (κ1) is 99.1. The van der Waals surface area contributed by atoms with Gasteiger partial charge in [-0.2, -0.15) is 0 Å². The van der Waals surface area contributed by atoms with Crippen molar-refractivity contribution in [2.75, 3.05) is 39.6 Å². The zero-order valence-corrected chi connectivity index (χ0v) is 67.8. The quantitative estimate of drug-likeness (QED) is 0.0222. The minimum atomic E-state index is -4.96. The van der Waals surface area contributed by atoms with Gasteiger partial charge in [-0.3, -0.25) is 37.3 Å². The van der Waals surface area contributed by atoms with E-state index in [4.69, 9.17) is 37.0 Å². The van der Waals surface area contributed by atoms with Gasteiger partial charge in [0.25, 0.3) is 0 Å². The maximum absolute atomic E-state index is 13.1. The first-order valence-electron chi connectivity index (χ1n) is 42.6. The highest BCUT2D eigenvalue weighted by Crippen LogP contribution is 2.45. The van der Waals surface area contributed by atoms with Gasteiger partial charge in [0.15, 0.2) is 12.2 Å². The number of phosphoric acid groups is 2. The summed E-state index contributed by atoms with van der Waals surface area (Å²) in [5.74, 6) is -1.34. The predicted molar refractivity (Wildman–Crippen MR) is 414 cm³/mol. The zero-order chi connectivity index (χ0) is 74.1. The Morgan fingerprint density at radius 3 is 0.673 bits per heavy atom. The smallest absolute Gasteiger partial charge is 0.462 e. The molecule has 600 valence electrons. The number of ether oxygens (including phenoxy) is 4. The molecule has 0 aliphatic heterocycles. The Morgan fingerprint density at radius 2 is 0.455 bits per heavy atom. The van der Waals surface area contributed by atoms with Crippen molar-refractivity contribution < 1.29 is 80.2 Å². The molecule has 2 unspecified atom stereocenters. The number of unbranched alkanes of at least 4 members (excludes halogenated alkanes) is 54. The molecule has 0 rings (SSSR count). The molecule has 101 heavy (non-hydrogen) atoms. The zero-order valence-electron chi connectivity index (χ0n) is 66.1. The van der Waals surface area contributed by atoms with E-state index in [1.807, 2.05) is 0 Å². The van der Waals surface area contributed by atoms with Crippen LogP contribution in [0.5, 0.6) is 0 Å². The van der Waals surface area contributed by atoms with Crippen molar-refractivity contribution in [2.45, 2.75) is 457 Å². The number of aliphatic hydroxyl groups excluding tert-OH is 1. The van der Waals surface area contributed by atoms with E-state index in [0.717, 1.165) is 95.8 Å². The van der Waals surface area contributed by atoms with Crippen LogP contribution >= 0.6 is 15.6 Å². The fraction of sp³-hybridized carbons (Fsp3) is 0.951. The fourth-order valence-electron chi connectivity index (χ4n) is 12.8. The third kappa shape index (κ3) is 76.1. The minimum Gasteiger partial charge on any atom is -0.462 e. The average Bonchev–Trinajstić information content (AvgIpc) is 3.04. The number of carbonyl (C=O) groups excluding carboxylic acids is 4. The van der Waals surface area contributed by atoms with Gasteiger partial charge in [0.1, 0.15) is 19.3 Å². The van der Waals surface area contributed by atoms with Gasteiger partial charge in [-0.25, -0.2) is 9.13 Å². The maximum atomic E-state index is 13.1. The molecule has 0 fully saturated rings. The Bertz CT molecular complexity index is 1930. The molecule has 5 atom stereocenters. The number of phosphoric ester groups is 2. The van der Waals surface area contributed by atoms with Crippen LogP contribution < -0.4 is 0 Å². The highest BCUT2D eigenvalue weighted by atomic mass is 31.2. The van der Waals surface area contributed by atoms with E-state index in [-0.39, 0.29) is 25.7 Å². The minimum absolute atomic E-state index is 0.107. The van der Waals surface area contributed by atoms with Crippen molar-refractivity contribution in [2.24, 2.45) is 5.92 Å². The third-order valence-corrected chi connectivity index (χ3v) is 21.2. The molecule has 19 heteroatoms. The molecule has 0 spiro atoms. The van der Waals surface area contributed by atoms with Crippen LogP contribution in [-0.2, 0) is 65.4 Å². The molecular weight excluding hydrogens is 1320 g/mol. The molecule has 3 N–H and O–H groups in total. The number of carbonyl (C=O) groups is 4. The summed E-state index contributed by atoms with van der Waals surface area (Å²) in [5, 5.41) is 10.6. The molecule has 0 aromatic carbocycles. The standard InChI is InChI=1S/C82H160O17P2/c1-6-9-12-15-18-21-24-26-28-29-30-31-32-33-35-37-42-47-52-57-62-67-81(86)98-78(72-93-80(85)66-61-56-51-46-41-36-34-27-25-22-19-16-13-10-7-2)74-97-101(90,91)95-70-76(83)69-94-100(88,89)96-73-77(71-92-79(84)65-60-55-50-45-39-23-20-17-14-11-8-3)99-82(87)68-63-58-53-48-43-38-40-44-49-54-59-64-75(4)5/h75-78,83H,6-74H2,1-5H3,(H,88,89)(H,90,91)/t76-,77+,78+/m0/s1. The molecule has 0 bridgehead atoms. The molecule has 0 amide bonds. The van der Waals surface area contributed by atoms with Gasteiger partial charge in [0.2, 0.25) is 0 Å². The largest absolute Gasteiger partial charge is 0.472 e. The summed E-state index contributed by atoms with van der Waals surface area (Å²) in [5.41, 5.74) is 0. The van der Waals surface area contributed by atoms with Gasteiger partial charge in [-0.15, -0.1) is 0 Å². The Labute approximate surface area is 619 Å². The Morgan fingerprint density at radius 1 is 0.267 bits per heavy atom. The van der Waals surface area contributed by atoms with Crippen molar-refractivity contribution in [3.63, 3.8) is 0 Å². The van der Waals surface area contributed by atoms with Crippen molar-refractivity contribution >= 4 is 39.5 Å². The third-order valence-electron chi connectivity index (χ3n) is 19.3. The second-order valence-electron chi connectivity index (χ2n) is 30.0. The fourth-order valence-corrected chi connectivity index (χ4v) is 14.3. The first-order chi connectivity index (χ1) is 49.0. The van der Waals surface area contributed by atoms with E-state index in [9.17, 15) is 43.2 Å². The number of hydrogen-bond acceptors (Lipinski definition) is 15. The van der Waals surface area contributed by atoms with Crippen LogP contribution in [0.15, 0.2) is 0 Å². The topological polar surface area (TPSA) is 237 Å². The molecule has 0 aliphatic rings. The second kappa shape index (κ2) is 74.9. The van der Waals surface area contributed by atoms with Crippen molar-refractivity contribution in [1.82, 2.24) is 0 Å². The molecule has 0 radical (unpaired) electrons. The summed E-state index contributed by atoms with van der Waals surface area (Å²) in [4.78, 5) is 73.1. The van der Waals surface area contributed by atoms with Gasteiger partial charge in [-0.1, -0.05) is 388 Å². The van der Waals surface area contributed by atoms with E-state index < -0.39 is 97.5 Å². The summed E-state index contributed by atoms with van der Waals surface area (Å²) in [6, 6.07) is 0. The summed E-state index contributed by atoms with van der Waals surface area (Å²) >= 11 is 0. The van der Waals surface area contributed by atoms with Crippen molar-refractivity contribution in [3.8, 4) is 0 Å². The summed E-state index contributed by atoms with van der Waals surface area (Å²) in [7, 11) is -9.92. The van der Waals surface area contributed by atoms with Crippen LogP contribution in [-0.4, -0.2) is 96.7 Å². The van der Waals surface area contributed by atoms with Crippen molar-refractivity contribution in [1.29, 1.82) is 0 Å².